The number of anilines is 1. The van der Waals surface area contributed by atoms with Gasteiger partial charge in [-0.25, -0.2) is 4.98 Å². The van der Waals surface area contributed by atoms with Crippen LogP contribution in [0.25, 0.3) is 0 Å². The highest BCUT2D eigenvalue weighted by Crippen LogP contribution is 2.24. The molecule has 0 radical (unpaired) electrons. The van der Waals surface area contributed by atoms with Gasteiger partial charge in [-0.2, -0.15) is 4.98 Å². The first-order chi connectivity index (χ1) is 8.20. The van der Waals surface area contributed by atoms with Crippen LogP contribution in [-0.2, 0) is 0 Å². The lowest BCUT2D eigenvalue weighted by Crippen LogP contribution is -2.42. The molecule has 1 aliphatic rings. The van der Waals surface area contributed by atoms with Crippen molar-refractivity contribution in [3.05, 3.63) is 10.7 Å². The molecule has 1 aliphatic carbocycles. The molecule has 1 heterocycles. The van der Waals surface area contributed by atoms with Crippen molar-refractivity contribution < 1.29 is 4.74 Å². The van der Waals surface area contributed by atoms with Crippen LogP contribution in [0.2, 0.25) is 0 Å². The first-order valence-corrected chi connectivity index (χ1v) is 6.58. The molecule has 0 spiro atoms. The molecule has 6 heteroatoms. The predicted molar refractivity (Wildman–Crippen MR) is 70.1 cm³/mol. The Labute approximate surface area is 109 Å². The van der Waals surface area contributed by atoms with Gasteiger partial charge in [-0.05, 0) is 28.8 Å². The molecule has 1 aromatic heterocycles. The molecule has 5 nitrogen and oxygen atoms in total. The zero-order valence-electron chi connectivity index (χ0n) is 9.82. The second-order valence-corrected chi connectivity index (χ2v) is 5.10. The third-order valence-electron chi connectivity index (χ3n) is 3.04. The van der Waals surface area contributed by atoms with Crippen molar-refractivity contribution in [2.45, 2.75) is 37.8 Å². The van der Waals surface area contributed by atoms with Crippen molar-refractivity contribution >= 4 is 21.9 Å². The second-order valence-electron chi connectivity index (χ2n) is 4.25. The summed E-state index contributed by atoms with van der Waals surface area (Å²) in [6.07, 6.45) is 6.24. The van der Waals surface area contributed by atoms with Crippen molar-refractivity contribution in [1.82, 2.24) is 9.97 Å². The lowest BCUT2D eigenvalue weighted by molar-refractivity contribution is 0.389. The molecule has 0 amide bonds. The van der Waals surface area contributed by atoms with Crippen LogP contribution in [0.5, 0.6) is 5.88 Å². The summed E-state index contributed by atoms with van der Waals surface area (Å²) in [5.74, 6) is 1.11. The van der Waals surface area contributed by atoms with Gasteiger partial charge in [0.25, 0.3) is 0 Å². The molecule has 2 rings (SSSR count). The number of ether oxygens (including phenoxy) is 1. The highest BCUT2D eigenvalue weighted by atomic mass is 79.9. The van der Waals surface area contributed by atoms with Crippen LogP contribution in [0, 0.1) is 0 Å². The zero-order valence-corrected chi connectivity index (χ0v) is 11.4. The van der Waals surface area contributed by atoms with Crippen molar-refractivity contribution in [1.29, 1.82) is 0 Å². The normalized spacial score (nSPS) is 24.4. The van der Waals surface area contributed by atoms with E-state index < -0.39 is 0 Å². The minimum atomic E-state index is 0.182. The fourth-order valence-corrected chi connectivity index (χ4v) is 2.42. The molecular formula is C11H17BrN4O. The summed E-state index contributed by atoms with van der Waals surface area (Å²) in [5, 5.41) is 3.28. The summed E-state index contributed by atoms with van der Waals surface area (Å²) < 4.78 is 5.88. The standard InChI is InChI=1S/C11H17BrN4O/c1-17-10-7(12)6-14-11(16-10)15-9-5-3-2-4-8(9)13/h6,8-9H,2-5,13H2,1H3,(H,14,15,16)/t8-,9-/m1/s1. The van der Waals surface area contributed by atoms with Crippen molar-refractivity contribution in [2.24, 2.45) is 5.73 Å². The molecule has 94 valence electrons. The Balaban J connectivity index is 2.07. The van der Waals surface area contributed by atoms with Crippen LogP contribution >= 0.6 is 15.9 Å². The highest BCUT2D eigenvalue weighted by Gasteiger charge is 2.22. The van der Waals surface area contributed by atoms with Crippen LogP contribution in [0.15, 0.2) is 10.7 Å². The Morgan fingerprint density at radius 1 is 1.47 bits per heavy atom. The van der Waals surface area contributed by atoms with E-state index in [2.05, 4.69) is 31.2 Å². The van der Waals surface area contributed by atoms with E-state index in [0.29, 0.717) is 11.8 Å². The number of methoxy groups -OCH3 is 1. The SMILES string of the molecule is COc1nc(N[C@@H]2CCCC[C@H]2N)ncc1Br. The molecule has 1 saturated carbocycles. The summed E-state index contributed by atoms with van der Waals surface area (Å²) in [4.78, 5) is 8.48. The Hall–Kier alpha value is -0.880. The number of halogens is 1. The maximum atomic E-state index is 6.07. The number of hydrogen-bond acceptors (Lipinski definition) is 5. The van der Waals surface area contributed by atoms with E-state index in [9.17, 15) is 0 Å². The third-order valence-corrected chi connectivity index (χ3v) is 3.58. The monoisotopic (exact) mass is 300 g/mol. The van der Waals surface area contributed by atoms with Crippen LogP contribution < -0.4 is 15.8 Å². The number of aromatic nitrogens is 2. The Bertz CT molecular complexity index is 388. The van der Waals surface area contributed by atoms with Crippen molar-refractivity contribution in [3.8, 4) is 5.88 Å². The molecule has 17 heavy (non-hydrogen) atoms. The minimum Gasteiger partial charge on any atom is -0.480 e. The van der Waals surface area contributed by atoms with E-state index >= 15 is 0 Å². The molecule has 3 N–H and O–H groups in total. The molecule has 0 aromatic carbocycles. The molecule has 0 saturated heterocycles. The molecule has 0 bridgehead atoms. The number of nitrogens with two attached hydrogens (primary N) is 1. The van der Waals surface area contributed by atoms with E-state index in [-0.39, 0.29) is 12.1 Å². The van der Waals surface area contributed by atoms with Crippen molar-refractivity contribution in [2.75, 3.05) is 12.4 Å². The molecule has 0 unspecified atom stereocenters. The van der Waals surface area contributed by atoms with Gasteiger partial charge < -0.3 is 15.8 Å². The molecule has 1 aromatic rings. The van der Waals surface area contributed by atoms with E-state index in [4.69, 9.17) is 10.5 Å². The molecule has 0 aliphatic heterocycles. The lowest BCUT2D eigenvalue weighted by atomic mass is 9.91. The van der Waals surface area contributed by atoms with Gasteiger partial charge >= 0.3 is 0 Å². The van der Waals surface area contributed by atoms with E-state index in [1.54, 1.807) is 13.3 Å². The fraction of sp³-hybridized carbons (Fsp3) is 0.636. The topological polar surface area (TPSA) is 73.1 Å². The van der Waals surface area contributed by atoms with Gasteiger partial charge in [0, 0.05) is 12.1 Å². The summed E-state index contributed by atoms with van der Waals surface area (Å²) >= 11 is 3.33. The zero-order chi connectivity index (χ0) is 12.3. The number of nitrogens with zero attached hydrogens (tertiary/aromatic N) is 2. The number of nitrogens with one attached hydrogen (secondary N) is 1. The lowest BCUT2D eigenvalue weighted by Gasteiger charge is -2.29. The minimum absolute atomic E-state index is 0.182. The smallest absolute Gasteiger partial charge is 0.232 e. The van der Waals surface area contributed by atoms with Crippen LogP contribution in [-0.4, -0.2) is 29.2 Å². The van der Waals surface area contributed by atoms with Crippen LogP contribution in [0.1, 0.15) is 25.7 Å². The molecule has 1 fully saturated rings. The fourth-order valence-electron chi connectivity index (χ4n) is 2.07. The maximum absolute atomic E-state index is 6.07. The summed E-state index contributed by atoms with van der Waals surface area (Å²) in [5.41, 5.74) is 6.07. The predicted octanol–water partition coefficient (Wildman–Crippen LogP) is 1.93. The van der Waals surface area contributed by atoms with Gasteiger partial charge in [0.15, 0.2) is 0 Å². The van der Waals surface area contributed by atoms with Gasteiger partial charge in [-0.15, -0.1) is 0 Å². The number of rotatable bonds is 3. The Kier molecular flexibility index (Phi) is 4.17. The van der Waals surface area contributed by atoms with E-state index in [1.165, 1.54) is 12.8 Å². The Morgan fingerprint density at radius 2 is 2.24 bits per heavy atom. The molecule has 2 atom stereocenters. The molecular weight excluding hydrogens is 284 g/mol. The highest BCUT2D eigenvalue weighted by molar-refractivity contribution is 9.10. The third kappa shape index (κ3) is 3.07. The van der Waals surface area contributed by atoms with Gasteiger partial charge in [-0.1, -0.05) is 12.8 Å². The van der Waals surface area contributed by atoms with Gasteiger partial charge in [0.05, 0.1) is 17.8 Å². The first kappa shape index (κ1) is 12.6. The second kappa shape index (κ2) is 5.64. The van der Waals surface area contributed by atoms with Crippen LogP contribution in [0.3, 0.4) is 0 Å². The summed E-state index contributed by atoms with van der Waals surface area (Å²) in [6, 6.07) is 0.441. The Morgan fingerprint density at radius 3 is 2.94 bits per heavy atom. The quantitative estimate of drug-likeness (QED) is 0.892. The maximum Gasteiger partial charge on any atom is 0.232 e. The van der Waals surface area contributed by atoms with E-state index in [1.807, 2.05) is 0 Å². The number of hydrogen-bond donors (Lipinski definition) is 2. The van der Waals surface area contributed by atoms with Crippen LogP contribution in [0.4, 0.5) is 5.95 Å². The van der Waals surface area contributed by atoms with Gasteiger partial charge in [0.1, 0.15) is 0 Å². The first-order valence-electron chi connectivity index (χ1n) is 5.79. The van der Waals surface area contributed by atoms with E-state index in [0.717, 1.165) is 17.3 Å². The summed E-state index contributed by atoms with van der Waals surface area (Å²) in [7, 11) is 1.59. The average Bonchev–Trinajstić information content (AvgIpc) is 2.34. The largest absolute Gasteiger partial charge is 0.480 e. The summed E-state index contributed by atoms with van der Waals surface area (Å²) in [6.45, 7) is 0. The average molecular weight is 301 g/mol. The van der Waals surface area contributed by atoms with Gasteiger partial charge in [-0.3, -0.25) is 0 Å². The van der Waals surface area contributed by atoms with Gasteiger partial charge in [0.2, 0.25) is 11.8 Å². The van der Waals surface area contributed by atoms with Crippen molar-refractivity contribution in [3.63, 3.8) is 0 Å².